The maximum absolute atomic E-state index is 13.0. The van der Waals surface area contributed by atoms with Gasteiger partial charge in [0.25, 0.3) is 5.91 Å². The molecule has 0 unspecified atom stereocenters. The number of hydrogen-bond acceptors (Lipinski definition) is 4. The molecule has 0 aliphatic carbocycles. The summed E-state index contributed by atoms with van der Waals surface area (Å²) in [6, 6.07) is 13.9. The molecule has 2 aromatic rings. The van der Waals surface area contributed by atoms with Crippen LogP contribution in [0.3, 0.4) is 0 Å². The van der Waals surface area contributed by atoms with E-state index in [0.717, 1.165) is 39.1 Å². The molecule has 5 nitrogen and oxygen atoms in total. The van der Waals surface area contributed by atoms with Gasteiger partial charge in [-0.05, 0) is 36.6 Å². The number of hydrogen-bond donors (Lipinski definition) is 0. The largest absolute Gasteiger partial charge is 0.497 e. The fourth-order valence-corrected chi connectivity index (χ4v) is 3.51. The minimum absolute atomic E-state index is 0.0206. The van der Waals surface area contributed by atoms with Crippen LogP contribution in [-0.2, 0) is 6.54 Å². The zero-order valence-corrected chi connectivity index (χ0v) is 16.4. The molecule has 0 bridgehead atoms. The highest BCUT2D eigenvalue weighted by Gasteiger charge is 2.23. The van der Waals surface area contributed by atoms with Gasteiger partial charge in [-0.3, -0.25) is 9.69 Å². The van der Waals surface area contributed by atoms with E-state index >= 15 is 0 Å². The van der Waals surface area contributed by atoms with Gasteiger partial charge in [-0.15, -0.1) is 0 Å². The summed E-state index contributed by atoms with van der Waals surface area (Å²) in [6.07, 6.45) is 0.968. The second-order valence-electron chi connectivity index (χ2n) is 6.91. The molecule has 0 saturated carbocycles. The maximum atomic E-state index is 13.0. The van der Waals surface area contributed by atoms with E-state index in [4.69, 9.17) is 9.47 Å². The van der Waals surface area contributed by atoms with Crippen LogP contribution >= 0.6 is 0 Å². The van der Waals surface area contributed by atoms with Gasteiger partial charge in [0.15, 0.2) is 0 Å². The molecule has 5 heteroatoms. The molecule has 0 atom stereocenters. The third-order valence-corrected chi connectivity index (χ3v) is 5.17. The average Bonchev–Trinajstić information content (AvgIpc) is 2.94. The van der Waals surface area contributed by atoms with Crippen molar-refractivity contribution in [3.05, 3.63) is 59.2 Å². The van der Waals surface area contributed by atoms with E-state index in [0.29, 0.717) is 17.1 Å². The van der Waals surface area contributed by atoms with Crippen molar-refractivity contribution >= 4 is 5.91 Å². The number of amides is 1. The highest BCUT2D eigenvalue weighted by atomic mass is 16.5. The minimum atomic E-state index is 0.0206. The molecular formula is C22H28N2O3. The lowest BCUT2D eigenvalue weighted by atomic mass is 10.1. The van der Waals surface area contributed by atoms with Crippen molar-refractivity contribution in [2.75, 3.05) is 40.4 Å². The van der Waals surface area contributed by atoms with Crippen LogP contribution in [0.1, 0.15) is 27.9 Å². The molecule has 3 rings (SSSR count). The fourth-order valence-electron chi connectivity index (χ4n) is 3.51. The van der Waals surface area contributed by atoms with Crippen molar-refractivity contribution in [1.82, 2.24) is 9.80 Å². The van der Waals surface area contributed by atoms with Crippen LogP contribution in [0.4, 0.5) is 0 Å². The Morgan fingerprint density at radius 2 is 1.81 bits per heavy atom. The Morgan fingerprint density at radius 3 is 2.56 bits per heavy atom. The summed E-state index contributed by atoms with van der Waals surface area (Å²) in [5.41, 5.74) is 3.26. The van der Waals surface area contributed by atoms with Crippen molar-refractivity contribution in [2.24, 2.45) is 0 Å². The van der Waals surface area contributed by atoms with Crippen LogP contribution in [0, 0.1) is 6.92 Å². The van der Waals surface area contributed by atoms with E-state index in [-0.39, 0.29) is 5.91 Å². The SMILES string of the molecule is COc1ccc(C(=O)N2CCCN(Cc3ccccc3C)CC2)c(OC)c1. The van der Waals surface area contributed by atoms with Gasteiger partial charge in [0.2, 0.25) is 0 Å². The van der Waals surface area contributed by atoms with Gasteiger partial charge >= 0.3 is 0 Å². The highest BCUT2D eigenvalue weighted by molar-refractivity contribution is 5.97. The lowest BCUT2D eigenvalue weighted by molar-refractivity contribution is 0.0757. The Labute approximate surface area is 161 Å². The zero-order chi connectivity index (χ0) is 19.2. The van der Waals surface area contributed by atoms with Gasteiger partial charge in [-0.1, -0.05) is 24.3 Å². The Kier molecular flexibility index (Phi) is 6.35. The van der Waals surface area contributed by atoms with Crippen molar-refractivity contribution in [1.29, 1.82) is 0 Å². The van der Waals surface area contributed by atoms with Crippen LogP contribution in [0.15, 0.2) is 42.5 Å². The lowest BCUT2D eigenvalue weighted by Gasteiger charge is -2.23. The number of carbonyl (C=O) groups is 1. The average molecular weight is 368 g/mol. The van der Waals surface area contributed by atoms with Crippen molar-refractivity contribution in [3.8, 4) is 11.5 Å². The third-order valence-electron chi connectivity index (χ3n) is 5.17. The van der Waals surface area contributed by atoms with Gasteiger partial charge in [0.05, 0.1) is 19.8 Å². The molecule has 1 amide bonds. The van der Waals surface area contributed by atoms with Gasteiger partial charge in [-0.2, -0.15) is 0 Å². The van der Waals surface area contributed by atoms with E-state index in [1.54, 1.807) is 32.4 Å². The second-order valence-corrected chi connectivity index (χ2v) is 6.91. The van der Waals surface area contributed by atoms with Gasteiger partial charge in [-0.25, -0.2) is 0 Å². The molecule has 144 valence electrons. The molecule has 1 saturated heterocycles. The Hall–Kier alpha value is -2.53. The predicted molar refractivity (Wildman–Crippen MR) is 107 cm³/mol. The minimum Gasteiger partial charge on any atom is -0.497 e. The molecule has 1 heterocycles. The fraction of sp³-hybridized carbons (Fsp3) is 0.409. The van der Waals surface area contributed by atoms with Crippen LogP contribution in [0.2, 0.25) is 0 Å². The number of rotatable bonds is 5. The normalized spacial score (nSPS) is 15.3. The smallest absolute Gasteiger partial charge is 0.257 e. The molecule has 1 fully saturated rings. The first-order valence-corrected chi connectivity index (χ1v) is 9.40. The lowest BCUT2D eigenvalue weighted by Crippen LogP contribution is -2.35. The quantitative estimate of drug-likeness (QED) is 0.812. The zero-order valence-electron chi connectivity index (χ0n) is 16.4. The predicted octanol–water partition coefficient (Wildman–Crippen LogP) is 3.36. The summed E-state index contributed by atoms with van der Waals surface area (Å²) in [4.78, 5) is 17.4. The van der Waals surface area contributed by atoms with E-state index in [9.17, 15) is 4.79 Å². The first-order chi connectivity index (χ1) is 13.1. The standard InChI is InChI=1S/C22H28N2O3/c1-17-7-4-5-8-18(17)16-23-11-6-12-24(14-13-23)22(25)20-10-9-19(26-2)15-21(20)27-3/h4-5,7-10,15H,6,11-14,16H2,1-3H3. The topological polar surface area (TPSA) is 42.0 Å². The molecule has 27 heavy (non-hydrogen) atoms. The monoisotopic (exact) mass is 368 g/mol. The van der Waals surface area contributed by atoms with Crippen molar-refractivity contribution < 1.29 is 14.3 Å². The van der Waals surface area contributed by atoms with Crippen LogP contribution in [-0.4, -0.2) is 56.1 Å². The molecule has 0 aromatic heterocycles. The number of ether oxygens (including phenoxy) is 2. The molecule has 0 radical (unpaired) electrons. The van der Waals surface area contributed by atoms with Gasteiger partial charge in [0, 0.05) is 38.8 Å². The van der Waals surface area contributed by atoms with Gasteiger partial charge < -0.3 is 14.4 Å². The summed E-state index contributed by atoms with van der Waals surface area (Å²) in [7, 11) is 3.19. The second kappa shape index (κ2) is 8.91. The number of carbonyl (C=O) groups excluding carboxylic acids is 1. The van der Waals surface area contributed by atoms with E-state index in [1.807, 2.05) is 4.90 Å². The Bertz CT molecular complexity index is 791. The number of methoxy groups -OCH3 is 2. The molecule has 1 aliphatic heterocycles. The summed E-state index contributed by atoms with van der Waals surface area (Å²) in [6.45, 7) is 6.44. The van der Waals surface area contributed by atoms with Crippen LogP contribution < -0.4 is 9.47 Å². The number of nitrogens with zero attached hydrogens (tertiary/aromatic N) is 2. The summed E-state index contributed by atoms with van der Waals surface area (Å²) in [5, 5.41) is 0. The Morgan fingerprint density at radius 1 is 1.00 bits per heavy atom. The van der Waals surface area contributed by atoms with E-state index in [1.165, 1.54) is 11.1 Å². The van der Waals surface area contributed by atoms with Crippen molar-refractivity contribution in [2.45, 2.75) is 19.9 Å². The van der Waals surface area contributed by atoms with E-state index in [2.05, 4.69) is 36.1 Å². The summed E-state index contributed by atoms with van der Waals surface area (Å²) >= 11 is 0. The van der Waals surface area contributed by atoms with E-state index < -0.39 is 0 Å². The van der Waals surface area contributed by atoms with Crippen LogP contribution in [0.25, 0.3) is 0 Å². The molecule has 0 N–H and O–H groups in total. The number of aryl methyl sites for hydroxylation is 1. The van der Waals surface area contributed by atoms with Crippen LogP contribution in [0.5, 0.6) is 11.5 Å². The first kappa shape index (κ1) is 19.2. The Balaban J connectivity index is 1.67. The molecule has 2 aromatic carbocycles. The van der Waals surface area contributed by atoms with Gasteiger partial charge in [0.1, 0.15) is 11.5 Å². The summed E-state index contributed by atoms with van der Waals surface area (Å²) in [5.74, 6) is 1.26. The maximum Gasteiger partial charge on any atom is 0.257 e. The first-order valence-electron chi connectivity index (χ1n) is 9.40. The summed E-state index contributed by atoms with van der Waals surface area (Å²) < 4.78 is 10.6. The highest BCUT2D eigenvalue weighted by Crippen LogP contribution is 2.26. The third kappa shape index (κ3) is 4.61. The molecular weight excluding hydrogens is 340 g/mol. The molecule has 1 aliphatic rings. The molecule has 0 spiro atoms. The van der Waals surface area contributed by atoms with Crippen molar-refractivity contribution in [3.63, 3.8) is 0 Å². The number of benzene rings is 2.